The minimum Gasteiger partial charge on any atom is -0.465 e. The molecule has 2 heterocycles. The number of carbonyl (C=O) groups is 1. The van der Waals surface area contributed by atoms with Crippen LogP contribution < -0.4 is 5.32 Å². The van der Waals surface area contributed by atoms with Crippen LogP contribution in [0.4, 0.5) is 11.5 Å². The molecule has 0 atom stereocenters. The molecule has 0 aliphatic heterocycles. The lowest BCUT2D eigenvalue weighted by Crippen LogP contribution is -2.07. The molecule has 2 rings (SSSR count). The van der Waals surface area contributed by atoms with Crippen LogP contribution in [0, 0.1) is 0 Å². The molecular weight excluding hydrogens is 246 g/mol. The molecule has 0 aromatic carbocycles. The van der Waals surface area contributed by atoms with Crippen LogP contribution in [-0.4, -0.2) is 32.8 Å². The molecule has 0 radical (unpaired) electrons. The summed E-state index contributed by atoms with van der Waals surface area (Å²) < 4.78 is 6.49. The number of carbonyl (C=O) groups excluding carboxylic acids is 1. The Balaban J connectivity index is 2.25. The molecule has 100 valence electrons. The number of rotatable bonds is 4. The van der Waals surface area contributed by atoms with Crippen molar-refractivity contribution in [3.63, 3.8) is 0 Å². The van der Waals surface area contributed by atoms with Crippen molar-refractivity contribution in [2.75, 3.05) is 12.4 Å². The molecule has 0 saturated heterocycles. The number of nitrogens with one attached hydrogen (secondary N) is 1. The van der Waals surface area contributed by atoms with E-state index in [0.29, 0.717) is 5.82 Å². The van der Waals surface area contributed by atoms with Crippen LogP contribution in [0.15, 0.2) is 24.9 Å². The van der Waals surface area contributed by atoms with Gasteiger partial charge in [-0.1, -0.05) is 0 Å². The number of esters is 1. The van der Waals surface area contributed by atoms with Crippen LogP contribution in [0.1, 0.15) is 30.2 Å². The second-order valence-electron chi connectivity index (χ2n) is 4.20. The highest BCUT2D eigenvalue weighted by molar-refractivity contribution is 5.94. The van der Waals surface area contributed by atoms with Gasteiger partial charge in [0.1, 0.15) is 17.7 Å². The van der Waals surface area contributed by atoms with E-state index >= 15 is 0 Å². The van der Waals surface area contributed by atoms with Gasteiger partial charge in [0.15, 0.2) is 0 Å². The van der Waals surface area contributed by atoms with Crippen molar-refractivity contribution in [1.82, 2.24) is 19.7 Å². The number of anilines is 2. The zero-order chi connectivity index (χ0) is 13.8. The molecule has 0 spiro atoms. The summed E-state index contributed by atoms with van der Waals surface area (Å²) in [6.45, 7) is 4.06. The summed E-state index contributed by atoms with van der Waals surface area (Å²) in [5.74, 6) is -0.0930. The van der Waals surface area contributed by atoms with Crippen LogP contribution in [0.25, 0.3) is 0 Å². The number of nitrogens with zero attached hydrogens (tertiary/aromatic N) is 4. The lowest BCUT2D eigenvalue weighted by molar-refractivity contribution is 0.0601. The van der Waals surface area contributed by atoms with E-state index in [9.17, 15) is 4.79 Å². The Morgan fingerprint density at radius 3 is 2.84 bits per heavy atom. The standard InChI is InChI=1S/C12H15N5O2/c1-8(2)17-6-9(4-15-17)16-11-10(12(18)19-3)5-13-7-14-11/h4-8H,1-3H3,(H,13,14,16). The number of hydrogen-bond acceptors (Lipinski definition) is 6. The van der Waals surface area contributed by atoms with Gasteiger partial charge in [-0.25, -0.2) is 14.8 Å². The molecule has 19 heavy (non-hydrogen) atoms. The van der Waals surface area contributed by atoms with Gasteiger partial charge in [0.25, 0.3) is 0 Å². The molecule has 0 unspecified atom stereocenters. The maximum absolute atomic E-state index is 11.6. The first-order chi connectivity index (χ1) is 9.11. The summed E-state index contributed by atoms with van der Waals surface area (Å²) in [5, 5.41) is 7.23. The largest absolute Gasteiger partial charge is 0.465 e. The fourth-order valence-corrected chi connectivity index (χ4v) is 1.51. The van der Waals surface area contributed by atoms with Gasteiger partial charge < -0.3 is 10.1 Å². The molecule has 2 aromatic rings. The van der Waals surface area contributed by atoms with Crippen molar-refractivity contribution in [3.05, 3.63) is 30.5 Å². The second kappa shape index (κ2) is 5.47. The van der Waals surface area contributed by atoms with Gasteiger partial charge in [-0.2, -0.15) is 5.10 Å². The molecule has 0 aliphatic carbocycles. The molecule has 0 fully saturated rings. The van der Waals surface area contributed by atoms with Gasteiger partial charge in [0.05, 0.1) is 19.0 Å². The lowest BCUT2D eigenvalue weighted by atomic mass is 10.3. The van der Waals surface area contributed by atoms with Crippen molar-refractivity contribution in [2.45, 2.75) is 19.9 Å². The average molecular weight is 261 g/mol. The SMILES string of the molecule is COC(=O)c1cncnc1Nc1cnn(C(C)C)c1. The van der Waals surface area contributed by atoms with E-state index in [4.69, 9.17) is 0 Å². The minimum absolute atomic E-state index is 0.265. The number of hydrogen-bond donors (Lipinski definition) is 1. The van der Waals surface area contributed by atoms with E-state index in [1.165, 1.54) is 19.6 Å². The van der Waals surface area contributed by atoms with Gasteiger partial charge in [-0.15, -0.1) is 0 Å². The molecule has 0 amide bonds. The van der Waals surface area contributed by atoms with Crippen LogP contribution in [-0.2, 0) is 4.74 Å². The Bertz CT molecular complexity index is 579. The van der Waals surface area contributed by atoms with E-state index < -0.39 is 5.97 Å². The van der Waals surface area contributed by atoms with Gasteiger partial charge in [0, 0.05) is 18.4 Å². The van der Waals surface area contributed by atoms with Crippen LogP contribution in [0.2, 0.25) is 0 Å². The molecule has 1 N–H and O–H groups in total. The van der Waals surface area contributed by atoms with Gasteiger partial charge >= 0.3 is 5.97 Å². The van der Waals surface area contributed by atoms with Crippen molar-refractivity contribution in [2.24, 2.45) is 0 Å². The fourth-order valence-electron chi connectivity index (χ4n) is 1.51. The Kier molecular flexibility index (Phi) is 3.74. The summed E-state index contributed by atoms with van der Waals surface area (Å²) in [6.07, 6.45) is 6.28. The van der Waals surface area contributed by atoms with Crippen molar-refractivity contribution < 1.29 is 9.53 Å². The molecule has 0 bridgehead atoms. The smallest absolute Gasteiger partial charge is 0.343 e. The Hall–Kier alpha value is -2.44. The highest BCUT2D eigenvalue weighted by Crippen LogP contribution is 2.18. The van der Waals surface area contributed by atoms with Crippen LogP contribution in [0.3, 0.4) is 0 Å². The maximum Gasteiger partial charge on any atom is 0.343 e. The predicted molar refractivity (Wildman–Crippen MR) is 69.3 cm³/mol. The summed E-state index contributed by atoms with van der Waals surface area (Å²) in [7, 11) is 1.32. The number of aromatic nitrogens is 4. The van der Waals surface area contributed by atoms with E-state index in [-0.39, 0.29) is 11.6 Å². The first kappa shape index (κ1) is 13.0. The molecular formula is C12H15N5O2. The van der Waals surface area contributed by atoms with Crippen molar-refractivity contribution in [1.29, 1.82) is 0 Å². The summed E-state index contributed by atoms with van der Waals surface area (Å²) in [6, 6.07) is 0.265. The summed E-state index contributed by atoms with van der Waals surface area (Å²) in [4.78, 5) is 19.4. The van der Waals surface area contributed by atoms with E-state index in [1.54, 1.807) is 10.9 Å². The summed E-state index contributed by atoms with van der Waals surface area (Å²) in [5.41, 5.74) is 1.03. The van der Waals surface area contributed by atoms with Gasteiger partial charge in [0.2, 0.25) is 0 Å². The quantitative estimate of drug-likeness (QED) is 0.845. The third-order valence-corrected chi connectivity index (χ3v) is 2.51. The van der Waals surface area contributed by atoms with Crippen molar-refractivity contribution >= 4 is 17.5 Å². The third kappa shape index (κ3) is 2.87. The van der Waals surface area contributed by atoms with Gasteiger partial charge in [-0.05, 0) is 13.8 Å². The van der Waals surface area contributed by atoms with Gasteiger partial charge in [-0.3, -0.25) is 4.68 Å². The van der Waals surface area contributed by atoms with Crippen molar-refractivity contribution in [3.8, 4) is 0 Å². The highest BCUT2D eigenvalue weighted by Gasteiger charge is 2.14. The Labute approximate surface area is 110 Å². The highest BCUT2D eigenvalue weighted by atomic mass is 16.5. The maximum atomic E-state index is 11.6. The predicted octanol–water partition coefficient (Wildman–Crippen LogP) is 1.78. The minimum atomic E-state index is -0.487. The number of ether oxygens (including phenoxy) is 1. The van der Waals surface area contributed by atoms with E-state index in [1.807, 2.05) is 20.0 Å². The normalized spacial score (nSPS) is 10.5. The Morgan fingerprint density at radius 1 is 1.42 bits per heavy atom. The third-order valence-electron chi connectivity index (χ3n) is 2.51. The first-order valence-corrected chi connectivity index (χ1v) is 5.81. The number of methoxy groups -OCH3 is 1. The van der Waals surface area contributed by atoms with E-state index in [2.05, 4.69) is 25.1 Å². The van der Waals surface area contributed by atoms with Crippen LogP contribution >= 0.6 is 0 Å². The average Bonchev–Trinajstić information content (AvgIpc) is 2.87. The molecule has 0 aliphatic rings. The fraction of sp³-hybridized carbons (Fsp3) is 0.333. The second-order valence-corrected chi connectivity index (χ2v) is 4.20. The first-order valence-electron chi connectivity index (χ1n) is 5.81. The Morgan fingerprint density at radius 2 is 2.21 bits per heavy atom. The zero-order valence-electron chi connectivity index (χ0n) is 11.0. The van der Waals surface area contributed by atoms with Crippen LogP contribution in [0.5, 0.6) is 0 Å². The van der Waals surface area contributed by atoms with E-state index in [0.717, 1.165) is 5.69 Å². The zero-order valence-corrected chi connectivity index (χ0v) is 11.0. The molecule has 2 aromatic heterocycles. The topological polar surface area (TPSA) is 81.9 Å². The molecule has 7 nitrogen and oxygen atoms in total. The monoisotopic (exact) mass is 261 g/mol. The lowest BCUT2D eigenvalue weighted by Gasteiger charge is -2.07. The molecule has 0 saturated carbocycles. The summed E-state index contributed by atoms with van der Waals surface area (Å²) >= 11 is 0. The molecule has 7 heteroatoms.